The molecule has 0 amide bonds. The largest absolute Gasteiger partial charge is 0.478 e. The van der Waals surface area contributed by atoms with Crippen molar-refractivity contribution in [2.24, 2.45) is 0 Å². The molecule has 1 rings (SSSR count). The second kappa shape index (κ2) is 3.75. The maximum absolute atomic E-state index is 10.5. The Bertz CT molecular complexity index is 282. The number of halogens is 1. The SMILES string of the molecule is CN(I)c1ccc(C(=O)O)cc1. The summed E-state index contributed by atoms with van der Waals surface area (Å²) in [5, 5.41) is 8.60. The summed E-state index contributed by atoms with van der Waals surface area (Å²) in [7, 11) is 1.90. The zero-order valence-corrected chi connectivity index (χ0v) is 8.65. The normalized spacial score (nSPS) is 9.50. The Kier molecular flexibility index (Phi) is 2.91. The Hall–Kier alpha value is -0.780. The molecule has 0 spiro atoms. The number of hydrogen-bond acceptors (Lipinski definition) is 2. The van der Waals surface area contributed by atoms with Crippen LogP contribution in [0.15, 0.2) is 24.3 Å². The highest BCUT2D eigenvalue weighted by molar-refractivity contribution is 14.1. The number of aromatic carboxylic acids is 1. The van der Waals surface area contributed by atoms with Crippen LogP contribution in [0.4, 0.5) is 5.69 Å². The Morgan fingerprint density at radius 2 is 1.92 bits per heavy atom. The van der Waals surface area contributed by atoms with Crippen LogP contribution in [0.2, 0.25) is 0 Å². The summed E-state index contributed by atoms with van der Waals surface area (Å²) in [5.41, 5.74) is 1.30. The number of rotatable bonds is 2. The van der Waals surface area contributed by atoms with E-state index in [0.717, 1.165) is 5.69 Å². The van der Waals surface area contributed by atoms with Crippen molar-refractivity contribution in [2.75, 3.05) is 10.2 Å². The van der Waals surface area contributed by atoms with Crippen LogP contribution in [0.3, 0.4) is 0 Å². The summed E-state index contributed by atoms with van der Waals surface area (Å²) in [6.45, 7) is 0. The quantitative estimate of drug-likeness (QED) is 0.665. The first-order chi connectivity index (χ1) is 5.61. The lowest BCUT2D eigenvalue weighted by molar-refractivity contribution is 0.0697. The molecule has 0 aliphatic rings. The molecular formula is C8H8INO2. The standard InChI is InChI=1S/C8H8INO2/c1-10(9)7-4-2-6(3-5-7)8(11)12/h2-5H,1H3,(H,11,12). The third-order valence-electron chi connectivity index (χ3n) is 1.47. The van der Waals surface area contributed by atoms with Crippen molar-refractivity contribution < 1.29 is 9.90 Å². The van der Waals surface area contributed by atoms with E-state index >= 15 is 0 Å². The lowest BCUT2D eigenvalue weighted by Gasteiger charge is -2.08. The van der Waals surface area contributed by atoms with Gasteiger partial charge in [0.25, 0.3) is 0 Å². The molecule has 0 atom stereocenters. The average Bonchev–Trinajstić information content (AvgIpc) is 2.04. The highest BCUT2D eigenvalue weighted by Gasteiger charge is 2.02. The number of carboxylic acid groups (broad SMARTS) is 1. The monoisotopic (exact) mass is 277 g/mol. The first-order valence-electron chi connectivity index (χ1n) is 3.34. The number of benzene rings is 1. The van der Waals surface area contributed by atoms with Crippen LogP contribution >= 0.6 is 22.9 Å². The van der Waals surface area contributed by atoms with Crippen molar-refractivity contribution in [2.45, 2.75) is 0 Å². The maximum atomic E-state index is 10.5. The average molecular weight is 277 g/mol. The summed E-state index contributed by atoms with van der Waals surface area (Å²) < 4.78 is 1.89. The molecule has 0 unspecified atom stereocenters. The lowest BCUT2D eigenvalue weighted by Crippen LogP contribution is -2.00. The predicted octanol–water partition coefficient (Wildman–Crippen LogP) is 2.17. The molecule has 0 heterocycles. The summed E-state index contributed by atoms with van der Waals surface area (Å²) in [5.74, 6) is -0.891. The van der Waals surface area contributed by atoms with Gasteiger partial charge in [-0.15, -0.1) is 0 Å². The van der Waals surface area contributed by atoms with Crippen molar-refractivity contribution in [1.82, 2.24) is 0 Å². The molecule has 0 aromatic heterocycles. The van der Waals surface area contributed by atoms with Gasteiger partial charge in [0.05, 0.1) is 28.4 Å². The van der Waals surface area contributed by atoms with E-state index in [-0.39, 0.29) is 0 Å². The van der Waals surface area contributed by atoms with Crippen LogP contribution in [-0.2, 0) is 0 Å². The topological polar surface area (TPSA) is 40.5 Å². The first kappa shape index (κ1) is 9.31. The Balaban J connectivity index is 2.93. The molecule has 1 N–H and O–H groups in total. The van der Waals surface area contributed by atoms with Crippen LogP contribution in [0.1, 0.15) is 10.4 Å². The van der Waals surface area contributed by atoms with Crippen molar-refractivity contribution in [3.8, 4) is 0 Å². The molecule has 4 heteroatoms. The van der Waals surface area contributed by atoms with Crippen molar-refractivity contribution in [3.63, 3.8) is 0 Å². The minimum absolute atomic E-state index is 0.317. The Morgan fingerprint density at radius 3 is 2.25 bits per heavy atom. The Labute approximate surface area is 84.5 Å². The zero-order chi connectivity index (χ0) is 9.14. The van der Waals surface area contributed by atoms with E-state index in [9.17, 15) is 4.79 Å². The van der Waals surface area contributed by atoms with Crippen LogP contribution < -0.4 is 3.11 Å². The van der Waals surface area contributed by atoms with Crippen LogP contribution in [0, 0.1) is 0 Å². The molecule has 0 saturated heterocycles. The van der Waals surface area contributed by atoms with Gasteiger partial charge in [0.15, 0.2) is 0 Å². The fraction of sp³-hybridized carbons (Fsp3) is 0.125. The van der Waals surface area contributed by atoms with Crippen LogP contribution in [0.25, 0.3) is 0 Å². The molecule has 0 bridgehead atoms. The van der Waals surface area contributed by atoms with Crippen molar-refractivity contribution in [1.29, 1.82) is 0 Å². The molecule has 0 aliphatic heterocycles. The van der Waals surface area contributed by atoms with E-state index in [1.54, 1.807) is 24.3 Å². The zero-order valence-electron chi connectivity index (χ0n) is 6.49. The second-order valence-electron chi connectivity index (χ2n) is 2.33. The van der Waals surface area contributed by atoms with Gasteiger partial charge >= 0.3 is 5.97 Å². The number of nitrogens with zero attached hydrogens (tertiary/aromatic N) is 1. The lowest BCUT2D eigenvalue weighted by atomic mass is 10.2. The van der Waals surface area contributed by atoms with Gasteiger partial charge in [0.2, 0.25) is 0 Å². The molecule has 12 heavy (non-hydrogen) atoms. The molecule has 64 valence electrons. The smallest absolute Gasteiger partial charge is 0.335 e. The van der Waals surface area contributed by atoms with Gasteiger partial charge in [-0.1, -0.05) is 0 Å². The third-order valence-corrected chi connectivity index (χ3v) is 2.03. The summed E-state index contributed by atoms with van der Waals surface area (Å²) in [6, 6.07) is 6.73. The number of carbonyl (C=O) groups is 1. The van der Waals surface area contributed by atoms with Crippen molar-refractivity contribution in [3.05, 3.63) is 29.8 Å². The molecule has 0 aliphatic carbocycles. The van der Waals surface area contributed by atoms with Crippen LogP contribution in [-0.4, -0.2) is 18.1 Å². The molecule has 0 radical (unpaired) electrons. The highest BCUT2D eigenvalue weighted by atomic mass is 127. The summed E-state index contributed by atoms with van der Waals surface area (Å²) in [6.07, 6.45) is 0. The van der Waals surface area contributed by atoms with E-state index in [1.807, 2.05) is 10.2 Å². The van der Waals surface area contributed by atoms with Gasteiger partial charge < -0.3 is 8.22 Å². The first-order valence-corrected chi connectivity index (χ1v) is 4.30. The van der Waals surface area contributed by atoms with Gasteiger partial charge in [0, 0.05) is 12.7 Å². The van der Waals surface area contributed by atoms with Gasteiger partial charge in [-0.3, -0.25) is 0 Å². The minimum Gasteiger partial charge on any atom is -0.478 e. The number of carboxylic acids is 1. The molecule has 1 aromatic carbocycles. The molecule has 3 nitrogen and oxygen atoms in total. The van der Waals surface area contributed by atoms with Gasteiger partial charge in [0.1, 0.15) is 0 Å². The highest BCUT2D eigenvalue weighted by Crippen LogP contribution is 2.16. The van der Waals surface area contributed by atoms with E-state index in [0.29, 0.717) is 5.56 Å². The number of hydrogen-bond donors (Lipinski definition) is 1. The Morgan fingerprint density at radius 1 is 1.42 bits per heavy atom. The third kappa shape index (κ3) is 2.10. The number of anilines is 1. The van der Waals surface area contributed by atoms with Crippen LogP contribution in [0.5, 0.6) is 0 Å². The molecule has 0 fully saturated rings. The van der Waals surface area contributed by atoms with Gasteiger partial charge in [-0.05, 0) is 24.3 Å². The van der Waals surface area contributed by atoms with E-state index in [2.05, 4.69) is 22.9 Å². The maximum Gasteiger partial charge on any atom is 0.335 e. The summed E-state index contributed by atoms with van der Waals surface area (Å²) >= 11 is 2.12. The van der Waals surface area contributed by atoms with E-state index in [4.69, 9.17) is 5.11 Å². The summed E-state index contributed by atoms with van der Waals surface area (Å²) in [4.78, 5) is 10.5. The fourth-order valence-corrected chi connectivity index (χ4v) is 1.13. The van der Waals surface area contributed by atoms with Crippen molar-refractivity contribution >= 4 is 34.5 Å². The van der Waals surface area contributed by atoms with E-state index < -0.39 is 5.97 Å². The molecule has 1 aromatic rings. The van der Waals surface area contributed by atoms with Gasteiger partial charge in [-0.2, -0.15) is 0 Å². The molecule has 0 saturated carbocycles. The van der Waals surface area contributed by atoms with Gasteiger partial charge in [-0.25, -0.2) is 4.79 Å². The second-order valence-corrected chi connectivity index (χ2v) is 3.78. The van der Waals surface area contributed by atoms with E-state index in [1.165, 1.54) is 0 Å². The predicted molar refractivity (Wildman–Crippen MR) is 55.8 cm³/mol. The minimum atomic E-state index is -0.891. The fourth-order valence-electron chi connectivity index (χ4n) is 0.809. The molecular weight excluding hydrogens is 269 g/mol.